The molecule has 0 aliphatic heterocycles. The molecule has 0 saturated heterocycles. The van der Waals surface area contributed by atoms with Gasteiger partial charge in [0.15, 0.2) is 0 Å². The van der Waals surface area contributed by atoms with Gasteiger partial charge in [-0.3, -0.25) is 0 Å². The summed E-state index contributed by atoms with van der Waals surface area (Å²) in [5.74, 6) is 4.54. The molecular weight excluding hydrogens is 364 g/mol. The van der Waals surface area contributed by atoms with E-state index < -0.39 is 0 Å². The van der Waals surface area contributed by atoms with Gasteiger partial charge in [0.1, 0.15) is 12.4 Å². The molecule has 2 aliphatic carbocycles. The minimum Gasteiger partial charge on any atom is -0.490 e. The zero-order valence-corrected chi connectivity index (χ0v) is 19.8. The second-order valence-electron chi connectivity index (χ2n) is 10.1. The molecule has 3 rings (SSSR count). The highest BCUT2D eigenvalue weighted by molar-refractivity contribution is 5.29. The summed E-state index contributed by atoms with van der Waals surface area (Å²) >= 11 is 0. The number of rotatable bonds is 11. The SMILES string of the molecule is CCCCCC1CCC(c2ccc(OC/C=C/C3CCC(CCC)CC3)cc2)CC1. The Labute approximate surface area is 186 Å². The summed E-state index contributed by atoms with van der Waals surface area (Å²) < 4.78 is 5.98. The van der Waals surface area contributed by atoms with Crippen molar-refractivity contribution in [2.24, 2.45) is 17.8 Å². The molecule has 0 aromatic heterocycles. The van der Waals surface area contributed by atoms with Gasteiger partial charge in [0.25, 0.3) is 0 Å². The van der Waals surface area contributed by atoms with Gasteiger partial charge in [0.05, 0.1) is 0 Å². The van der Waals surface area contributed by atoms with Crippen molar-refractivity contribution < 1.29 is 4.74 Å². The predicted octanol–water partition coefficient (Wildman–Crippen LogP) is 9.08. The summed E-state index contributed by atoms with van der Waals surface area (Å²) in [6, 6.07) is 9.01. The number of hydrogen-bond donors (Lipinski definition) is 0. The Hall–Kier alpha value is -1.24. The third kappa shape index (κ3) is 7.78. The zero-order valence-electron chi connectivity index (χ0n) is 19.8. The molecule has 2 aliphatic rings. The maximum absolute atomic E-state index is 5.98. The van der Waals surface area contributed by atoms with Crippen LogP contribution in [-0.4, -0.2) is 6.61 Å². The first-order valence-corrected chi connectivity index (χ1v) is 13.2. The van der Waals surface area contributed by atoms with Gasteiger partial charge in [0.2, 0.25) is 0 Å². The molecule has 0 amide bonds. The molecule has 168 valence electrons. The van der Waals surface area contributed by atoms with Crippen LogP contribution >= 0.6 is 0 Å². The van der Waals surface area contributed by atoms with E-state index in [2.05, 4.69) is 50.3 Å². The Morgan fingerprint density at radius 3 is 2.10 bits per heavy atom. The van der Waals surface area contributed by atoms with Crippen LogP contribution in [0.15, 0.2) is 36.4 Å². The summed E-state index contributed by atoms with van der Waals surface area (Å²) in [6.07, 6.45) is 24.3. The van der Waals surface area contributed by atoms with Crippen LogP contribution in [0.2, 0.25) is 0 Å². The average Bonchev–Trinajstić information content (AvgIpc) is 2.79. The third-order valence-corrected chi connectivity index (χ3v) is 7.76. The molecule has 0 unspecified atom stereocenters. The number of ether oxygens (including phenoxy) is 1. The van der Waals surface area contributed by atoms with Crippen molar-refractivity contribution in [3.63, 3.8) is 0 Å². The van der Waals surface area contributed by atoms with Crippen LogP contribution in [-0.2, 0) is 0 Å². The van der Waals surface area contributed by atoms with E-state index in [1.54, 1.807) is 0 Å². The second-order valence-corrected chi connectivity index (χ2v) is 10.1. The molecule has 0 atom stereocenters. The molecule has 1 heteroatoms. The van der Waals surface area contributed by atoms with Crippen molar-refractivity contribution in [3.05, 3.63) is 42.0 Å². The highest BCUT2D eigenvalue weighted by Gasteiger charge is 2.22. The highest BCUT2D eigenvalue weighted by atomic mass is 16.5. The molecule has 1 nitrogen and oxygen atoms in total. The summed E-state index contributed by atoms with van der Waals surface area (Å²) in [7, 11) is 0. The van der Waals surface area contributed by atoms with Crippen molar-refractivity contribution >= 4 is 0 Å². The summed E-state index contributed by atoms with van der Waals surface area (Å²) in [6.45, 7) is 5.33. The third-order valence-electron chi connectivity index (χ3n) is 7.76. The maximum Gasteiger partial charge on any atom is 0.119 e. The van der Waals surface area contributed by atoms with Gasteiger partial charge >= 0.3 is 0 Å². The molecule has 30 heavy (non-hydrogen) atoms. The lowest BCUT2D eigenvalue weighted by Crippen LogP contribution is -2.13. The van der Waals surface area contributed by atoms with E-state index in [0.717, 1.165) is 29.4 Å². The van der Waals surface area contributed by atoms with Crippen molar-refractivity contribution in [1.29, 1.82) is 0 Å². The molecule has 1 aromatic rings. The molecule has 0 spiro atoms. The average molecular weight is 411 g/mol. The minimum absolute atomic E-state index is 0.705. The molecule has 2 saturated carbocycles. The summed E-state index contributed by atoms with van der Waals surface area (Å²) in [5, 5.41) is 0. The predicted molar refractivity (Wildman–Crippen MR) is 130 cm³/mol. The lowest BCUT2D eigenvalue weighted by atomic mass is 9.77. The topological polar surface area (TPSA) is 9.23 Å². The van der Waals surface area contributed by atoms with Gasteiger partial charge in [-0.15, -0.1) is 0 Å². The van der Waals surface area contributed by atoms with Crippen LogP contribution in [0.5, 0.6) is 5.75 Å². The lowest BCUT2D eigenvalue weighted by molar-refractivity contribution is 0.292. The number of hydrogen-bond acceptors (Lipinski definition) is 1. The zero-order chi connectivity index (χ0) is 21.0. The van der Waals surface area contributed by atoms with Crippen LogP contribution in [0.4, 0.5) is 0 Å². The number of benzene rings is 1. The first-order chi connectivity index (χ1) is 14.8. The number of unbranched alkanes of at least 4 members (excludes halogenated alkanes) is 2. The van der Waals surface area contributed by atoms with Crippen molar-refractivity contribution in [2.45, 2.75) is 110 Å². The van der Waals surface area contributed by atoms with Crippen LogP contribution in [0.25, 0.3) is 0 Å². The molecule has 0 radical (unpaired) electrons. The van der Waals surface area contributed by atoms with Gasteiger partial charge in [-0.25, -0.2) is 0 Å². The fourth-order valence-corrected chi connectivity index (χ4v) is 5.77. The van der Waals surface area contributed by atoms with E-state index in [4.69, 9.17) is 4.74 Å². The molecular formula is C29H46O. The first kappa shape index (κ1) is 23.4. The monoisotopic (exact) mass is 410 g/mol. The standard InChI is InChI=1S/C29H46O/c1-3-5-6-9-25-15-17-27(18-16-25)28-19-21-29(22-20-28)30-23-7-10-26-13-11-24(8-4-2)12-14-26/h7,10,19-22,24-27H,3-6,8-9,11-18,23H2,1-2H3/b10-7+. The number of allylic oxidation sites excluding steroid dienone is 1. The van der Waals surface area contributed by atoms with E-state index in [0.29, 0.717) is 6.61 Å². The summed E-state index contributed by atoms with van der Waals surface area (Å²) in [5.41, 5.74) is 1.52. The van der Waals surface area contributed by atoms with Gasteiger partial charge in [0, 0.05) is 0 Å². The Bertz CT molecular complexity index is 585. The van der Waals surface area contributed by atoms with Gasteiger partial charge in [-0.2, -0.15) is 0 Å². The van der Waals surface area contributed by atoms with E-state index in [1.807, 2.05) is 0 Å². The van der Waals surface area contributed by atoms with Crippen LogP contribution in [0.1, 0.15) is 115 Å². The smallest absolute Gasteiger partial charge is 0.119 e. The van der Waals surface area contributed by atoms with Crippen molar-refractivity contribution in [3.8, 4) is 5.75 Å². The Balaban J connectivity index is 1.33. The largest absolute Gasteiger partial charge is 0.490 e. The summed E-state index contributed by atoms with van der Waals surface area (Å²) in [4.78, 5) is 0. The van der Waals surface area contributed by atoms with Gasteiger partial charge < -0.3 is 4.74 Å². The molecule has 1 aromatic carbocycles. The first-order valence-electron chi connectivity index (χ1n) is 13.2. The maximum atomic E-state index is 5.98. The van der Waals surface area contributed by atoms with Crippen LogP contribution < -0.4 is 4.74 Å². The van der Waals surface area contributed by atoms with Gasteiger partial charge in [-0.1, -0.05) is 76.7 Å². The normalized spacial score (nSPS) is 27.4. The Morgan fingerprint density at radius 2 is 1.43 bits per heavy atom. The minimum atomic E-state index is 0.705. The van der Waals surface area contributed by atoms with E-state index in [-0.39, 0.29) is 0 Å². The lowest BCUT2D eigenvalue weighted by Gasteiger charge is -2.29. The molecule has 0 N–H and O–H groups in total. The van der Waals surface area contributed by atoms with E-state index in [1.165, 1.54) is 95.5 Å². The van der Waals surface area contributed by atoms with Crippen molar-refractivity contribution in [1.82, 2.24) is 0 Å². The molecule has 0 heterocycles. The fourth-order valence-electron chi connectivity index (χ4n) is 5.77. The Morgan fingerprint density at radius 1 is 0.767 bits per heavy atom. The van der Waals surface area contributed by atoms with Crippen LogP contribution in [0, 0.1) is 17.8 Å². The van der Waals surface area contributed by atoms with Gasteiger partial charge in [-0.05, 0) is 92.7 Å². The van der Waals surface area contributed by atoms with Crippen molar-refractivity contribution in [2.75, 3.05) is 6.61 Å². The van der Waals surface area contributed by atoms with Crippen LogP contribution in [0.3, 0.4) is 0 Å². The molecule has 2 fully saturated rings. The quantitative estimate of drug-likeness (QED) is 0.261. The second kappa shape index (κ2) is 13.2. The van der Waals surface area contributed by atoms with E-state index >= 15 is 0 Å². The Kier molecular flexibility index (Phi) is 10.3. The highest BCUT2D eigenvalue weighted by Crippen LogP contribution is 2.38. The fraction of sp³-hybridized carbons (Fsp3) is 0.724. The molecule has 0 bridgehead atoms. The van der Waals surface area contributed by atoms with E-state index in [9.17, 15) is 0 Å².